The summed E-state index contributed by atoms with van der Waals surface area (Å²) < 4.78 is 5.43. The van der Waals surface area contributed by atoms with Gasteiger partial charge in [0, 0.05) is 0 Å². The van der Waals surface area contributed by atoms with E-state index >= 15 is 0 Å². The highest BCUT2D eigenvalue weighted by Crippen LogP contribution is 2.34. The van der Waals surface area contributed by atoms with Gasteiger partial charge >= 0.3 is 5.97 Å². The molecule has 3 heteroatoms. The standard InChI is InChI=1S/C11H12O3/c12-11(13)9-6-10(9)14-7-8-4-2-1-3-5-8/h1-5,9-10H,6-7H2,(H,12,13). The maximum Gasteiger partial charge on any atom is 0.309 e. The lowest BCUT2D eigenvalue weighted by Crippen LogP contribution is -2.05. The van der Waals surface area contributed by atoms with Crippen LogP contribution >= 0.6 is 0 Å². The van der Waals surface area contributed by atoms with Crippen molar-refractivity contribution in [3.63, 3.8) is 0 Å². The maximum atomic E-state index is 10.5. The van der Waals surface area contributed by atoms with Crippen LogP contribution in [-0.4, -0.2) is 17.2 Å². The molecule has 74 valence electrons. The maximum absolute atomic E-state index is 10.5. The monoisotopic (exact) mass is 192 g/mol. The fraction of sp³-hybridized carbons (Fsp3) is 0.364. The third-order valence-electron chi connectivity index (χ3n) is 2.36. The number of hydrogen-bond donors (Lipinski definition) is 1. The van der Waals surface area contributed by atoms with E-state index in [0.717, 1.165) is 5.56 Å². The van der Waals surface area contributed by atoms with Crippen molar-refractivity contribution in [1.29, 1.82) is 0 Å². The van der Waals surface area contributed by atoms with Crippen LogP contribution in [0.25, 0.3) is 0 Å². The number of carbonyl (C=O) groups is 1. The van der Waals surface area contributed by atoms with Gasteiger partial charge in [-0.05, 0) is 12.0 Å². The number of rotatable bonds is 4. The van der Waals surface area contributed by atoms with Gasteiger partial charge in [0.15, 0.2) is 0 Å². The van der Waals surface area contributed by atoms with Crippen molar-refractivity contribution in [1.82, 2.24) is 0 Å². The predicted molar refractivity (Wildman–Crippen MR) is 50.8 cm³/mol. The quantitative estimate of drug-likeness (QED) is 0.789. The lowest BCUT2D eigenvalue weighted by molar-refractivity contribution is -0.139. The first-order chi connectivity index (χ1) is 6.77. The molecular weight excluding hydrogens is 180 g/mol. The molecule has 1 aliphatic rings. The third-order valence-corrected chi connectivity index (χ3v) is 2.36. The Balaban J connectivity index is 1.77. The normalized spacial score (nSPS) is 24.6. The van der Waals surface area contributed by atoms with Crippen LogP contribution in [-0.2, 0) is 16.1 Å². The smallest absolute Gasteiger partial charge is 0.309 e. The van der Waals surface area contributed by atoms with Gasteiger partial charge in [0.05, 0.1) is 18.6 Å². The number of hydrogen-bond acceptors (Lipinski definition) is 2. The van der Waals surface area contributed by atoms with Gasteiger partial charge in [-0.1, -0.05) is 30.3 Å². The van der Waals surface area contributed by atoms with Gasteiger partial charge in [-0.25, -0.2) is 0 Å². The predicted octanol–water partition coefficient (Wildman–Crippen LogP) is 1.68. The molecule has 0 amide bonds. The largest absolute Gasteiger partial charge is 0.481 e. The summed E-state index contributed by atoms with van der Waals surface area (Å²) in [5.74, 6) is -1.03. The second-order valence-corrected chi connectivity index (χ2v) is 3.52. The minimum Gasteiger partial charge on any atom is -0.481 e. The van der Waals surface area contributed by atoms with E-state index in [1.807, 2.05) is 30.3 Å². The molecule has 1 aliphatic carbocycles. The van der Waals surface area contributed by atoms with Crippen molar-refractivity contribution in [3.8, 4) is 0 Å². The minimum atomic E-state index is -0.747. The molecule has 0 aromatic heterocycles. The number of benzene rings is 1. The number of carboxylic acid groups (broad SMARTS) is 1. The zero-order valence-corrected chi connectivity index (χ0v) is 7.72. The number of ether oxygens (including phenoxy) is 1. The summed E-state index contributed by atoms with van der Waals surface area (Å²) in [4.78, 5) is 10.5. The first-order valence-corrected chi connectivity index (χ1v) is 4.65. The molecule has 14 heavy (non-hydrogen) atoms. The summed E-state index contributed by atoms with van der Waals surface area (Å²) in [7, 11) is 0. The summed E-state index contributed by atoms with van der Waals surface area (Å²) in [5.41, 5.74) is 1.09. The van der Waals surface area contributed by atoms with Crippen molar-refractivity contribution in [2.24, 2.45) is 5.92 Å². The third kappa shape index (κ3) is 2.12. The first-order valence-electron chi connectivity index (χ1n) is 4.65. The second-order valence-electron chi connectivity index (χ2n) is 3.52. The molecular formula is C11H12O3. The van der Waals surface area contributed by atoms with Gasteiger partial charge in [-0.15, -0.1) is 0 Å². The molecule has 0 aliphatic heterocycles. The van der Waals surface area contributed by atoms with E-state index in [9.17, 15) is 4.79 Å². The van der Waals surface area contributed by atoms with E-state index in [2.05, 4.69) is 0 Å². The van der Waals surface area contributed by atoms with Gasteiger partial charge in [0.1, 0.15) is 0 Å². The summed E-state index contributed by atoms with van der Waals surface area (Å²) in [6, 6.07) is 9.78. The van der Waals surface area contributed by atoms with E-state index in [1.54, 1.807) is 0 Å². The van der Waals surface area contributed by atoms with Gasteiger partial charge in [0.25, 0.3) is 0 Å². The molecule has 0 spiro atoms. The van der Waals surface area contributed by atoms with Crippen LogP contribution in [0.2, 0.25) is 0 Å². The van der Waals surface area contributed by atoms with Gasteiger partial charge in [0.2, 0.25) is 0 Å². The van der Waals surface area contributed by atoms with Gasteiger partial charge in [-0.3, -0.25) is 4.79 Å². The molecule has 0 bridgehead atoms. The van der Waals surface area contributed by atoms with Crippen molar-refractivity contribution >= 4 is 5.97 Å². The number of aliphatic carboxylic acids is 1. The van der Waals surface area contributed by atoms with E-state index in [4.69, 9.17) is 9.84 Å². The molecule has 0 radical (unpaired) electrons. The first kappa shape index (κ1) is 9.21. The average Bonchev–Trinajstić information content (AvgIpc) is 2.96. The summed E-state index contributed by atoms with van der Waals surface area (Å²) >= 11 is 0. The fourth-order valence-corrected chi connectivity index (χ4v) is 1.39. The van der Waals surface area contributed by atoms with Crippen molar-refractivity contribution in [2.75, 3.05) is 0 Å². The molecule has 1 aromatic carbocycles. The fourth-order valence-electron chi connectivity index (χ4n) is 1.39. The Labute approximate surface area is 82.3 Å². The van der Waals surface area contributed by atoms with Crippen LogP contribution in [0.3, 0.4) is 0 Å². The SMILES string of the molecule is O=C(O)C1CC1OCc1ccccc1. The Kier molecular flexibility index (Phi) is 2.50. The second kappa shape index (κ2) is 3.80. The van der Waals surface area contributed by atoms with Crippen LogP contribution in [0.5, 0.6) is 0 Å². The summed E-state index contributed by atoms with van der Waals surface area (Å²) in [5, 5.41) is 8.64. The average molecular weight is 192 g/mol. The molecule has 0 heterocycles. The van der Waals surface area contributed by atoms with Gasteiger partial charge < -0.3 is 9.84 Å². The van der Waals surface area contributed by atoms with E-state index in [-0.39, 0.29) is 12.0 Å². The van der Waals surface area contributed by atoms with E-state index in [0.29, 0.717) is 13.0 Å². The lowest BCUT2D eigenvalue weighted by Gasteiger charge is -2.01. The van der Waals surface area contributed by atoms with Crippen molar-refractivity contribution < 1.29 is 14.6 Å². The molecule has 2 atom stereocenters. The Hall–Kier alpha value is -1.35. The van der Waals surface area contributed by atoms with Crippen LogP contribution in [0.15, 0.2) is 30.3 Å². The molecule has 1 N–H and O–H groups in total. The molecule has 1 saturated carbocycles. The lowest BCUT2D eigenvalue weighted by atomic mass is 10.2. The zero-order chi connectivity index (χ0) is 9.97. The molecule has 1 aromatic rings. The Morgan fingerprint density at radius 1 is 1.43 bits per heavy atom. The highest BCUT2D eigenvalue weighted by atomic mass is 16.5. The van der Waals surface area contributed by atoms with Crippen molar-refractivity contribution in [3.05, 3.63) is 35.9 Å². The van der Waals surface area contributed by atoms with E-state index in [1.165, 1.54) is 0 Å². The topological polar surface area (TPSA) is 46.5 Å². The number of carboxylic acids is 1. The van der Waals surface area contributed by atoms with Crippen molar-refractivity contribution in [2.45, 2.75) is 19.1 Å². The molecule has 2 unspecified atom stereocenters. The molecule has 0 saturated heterocycles. The Morgan fingerprint density at radius 3 is 2.71 bits per heavy atom. The molecule has 2 rings (SSSR count). The highest BCUT2D eigenvalue weighted by molar-refractivity contribution is 5.74. The molecule has 3 nitrogen and oxygen atoms in total. The zero-order valence-electron chi connectivity index (χ0n) is 7.72. The van der Waals surface area contributed by atoms with Crippen LogP contribution in [0, 0.1) is 5.92 Å². The van der Waals surface area contributed by atoms with Gasteiger partial charge in [-0.2, -0.15) is 0 Å². The molecule has 1 fully saturated rings. The van der Waals surface area contributed by atoms with Crippen LogP contribution in [0.1, 0.15) is 12.0 Å². The minimum absolute atomic E-state index is 0.0762. The summed E-state index contributed by atoms with van der Waals surface area (Å²) in [6.07, 6.45) is 0.579. The van der Waals surface area contributed by atoms with Crippen LogP contribution < -0.4 is 0 Å². The Morgan fingerprint density at radius 2 is 2.14 bits per heavy atom. The Bertz CT molecular complexity index is 321. The van der Waals surface area contributed by atoms with E-state index < -0.39 is 5.97 Å². The highest BCUT2D eigenvalue weighted by Gasteiger charge is 2.44. The van der Waals surface area contributed by atoms with Crippen LogP contribution in [0.4, 0.5) is 0 Å². The summed E-state index contributed by atoms with van der Waals surface area (Å²) in [6.45, 7) is 0.509.